The van der Waals surface area contributed by atoms with Gasteiger partial charge in [-0.05, 0) is 18.9 Å². The van der Waals surface area contributed by atoms with Crippen molar-refractivity contribution in [1.82, 2.24) is 4.98 Å². The van der Waals surface area contributed by atoms with Gasteiger partial charge in [-0.3, -0.25) is 9.78 Å². The molecule has 1 aliphatic rings. The fourth-order valence-corrected chi connectivity index (χ4v) is 1.57. The van der Waals surface area contributed by atoms with Gasteiger partial charge in [-0.25, -0.2) is 0 Å². The van der Waals surface area contributed by atoms with Crippen LogP contribution in [-0.2, 0) is 4.74 Å². The summed E-state index contributed by atoms with van der Waals surface area (Å²) in [5.41, 5.74) is 0.482. The Morgan fingerprint density at radius 3 is 3.33 bits per heavy atom. The van der Waals surface area contributed by atoms with Crippen LogP contribution in [-0.4, -0.2) is 30.6 Å². The van der Waals surface area contributed by atoms with Gasteiger partial charge in [0.1, 0.15) is 12.4 Å². The summed E-state index contributed by atoms with van der Waals surface area (Å²) in [6, 6.07) is 1.69. The number of carbonyl (C=O) groups is 1. The lowest BCUT2D eigenvalue weighted by molar-refractivity contribution is 0.0675. The Bertz CT molecular complexity index is 334. The van der Waals surface area contributed by atoms with Crippen LogP contribution in [0.3, 0.4) is 0 Å². The topological polar surface area (TPSA) is 48.4 Å². The molecule has 1 unspecified atom stereocenters. The average Bonchev–Trinajstić information content (AvgIpc) is 2.79. The summed E-state index contributed by atoms with van der Waals surface area (Å²) in [5, 5.41) is 0. The van der Waals surface area contributed by atoms with Gasteiger partial charge >= 0.3 is 0 Å². The van der Waals surface area contributed by atoms with Crippen molar-refractivity contribution in [3.05, 3.63) is 24.0 Å². The highest BCUT2D eigenvalue weighted by atomic mass is 16.5. The fraction of sp³-hybridized carbons (Fsp3) is 0.455. The molecule has 0 spiro atoms. The van der Waals surface area contributed by atoms with Crippen molar-refractivity contribution in [2.75, 3.05) is 13.2 Å². The van der Waals surface area contributed by atoms with Crippen molar-refractivity contribution >= 4 is 6.29 Å². The lowest BCUT2D eigenvalue weighted by Crippen LogP contribution is -2.16. The summed E-state index contributed by atoms with van der Waals surface area (Å²) in [4.78, 5) is 14.5. The largest absolute Gasteiger partial charge is 0.490 e. The number of aldehydes is 1. The summed E-state index contributed by atoms with van der Waals surface area (Å²) >= 11 is 0. The molecule has 2 rings (SSSR count). The smallest absolute Gasteiger partial charge is 0.155 e. The first-order valence-corrected chi connectivity index (χ1v) is 5.04. The van der Waals surface area contributed by atoms with Gasteiger partial charge in [0.25, 0.3) is 0 Å². The predicted molar refractivity (Wildman–Crippen MR) is 54.1 cm³/mol. The van der Waals surface area contributed by atoms with E-state index in [1.54, 1.807) is 12.3 Å². The molecule has 0 saturated carbocycles. The highest BCUT2D eigenvalue weighted by Gasteiger charge is 2.16. The van der Waals surface area contributed by atoms with Crippen molar-refractivity contribution in [2.24, 2.45) is 0 Å². The molecule has 1 saturated heterocycles. The molecule has 2 heterocycles. The predicted octanol–water partition coefficient (Wildman–Crippen LogP) is 1.45. The van der Waals surface area contributed by atoms with E-state index in [4.69, 9.17) is 9.47 Å². The lowest BCUT2D eigenvalue weighted by atomic mass is 10.2. The van der Waals surface area contributed by atoms with Gasteiger partial charge in [-0.1, -0.05) is 0 Å². The van der Waals surface area contributed by atoms with Crippen LogP contribution in [0.4, 0.5) is 0 Å². The molecular formula is C11H13NO3. The minimum Gasteiger partial charge on any atom is -0.490 e. The summed E-state index contributed by atoms with van der Waals surface area (Å²) in [6.07, 6.45) is 6.14. The van der Waals surface area contributed by atoms with Gasteiger partial charge in [0.15, 0.2) is 6.29 Å². The summed E-state index contributed by atoms with van der Waals surface area (Å²) < 4.78 is 10.9. The van der Waals surface area contributed by atoms with Crippen molar-refractivity contribution < 1.29 is 14.3 Å². The number of ether oxygens (including phenoxy) is 2. The second kappa shape index (κ2) is 4.89. The molecule has 0 aliphatic carbocycles. The average molecular weight is 207 g/mol. The van der Waals surface area contributed by atoms with E-state index in [1.807, 2.05) is 0 Å². The Labute approximate surface area is 88.2 Å². The van der Waals surface area contributed by atoms with Gasteiger partial charge in [0.05, 0.1) is 11.7 Å². The first-order chi connectivity index (χ1) is 7.40. The number of carbonyl (C=O) groups excluding carboxylic acids is 1. The van der Waals surface area contributed by atoms with Crippen LogP contribution < -0.4 is 4.74 Å². The zero-order valence-corrected chi connectivity index (χ0v) is 8.39. The first-order valence-electron chi connectivity index (χ1n) is 5.04. The van der Waals surface area contributed by atoms with Gasteiger partial charge in [-0.15, -0.1) is 0 Å². The molecule has 0 N–H and O–H groups in total. The van der Waals surface area contributed by atoms with E-state index in [9.17, 15) is 4.79 Å². The number of nitrogens with zero attached hydrogens (tertiary/aromatic N) is 1. The minimum absolute atomic E-state index is 0.165. The fourth-order valence-electron chi connectivity index (χ4n) is 1.57. The second-order valence-corrected chi connectivity index (χ2v) is 3.48. The molecule has 1 atom stereocenters. The molecule has 4 nitrogen and oxygen atoms in total. The molecule has 0 bridgehead atoms. The van der Waals surface area contributed by atoms with E-state index in [2.05, 4.69) is 4.98 Å². The van der Waals surface area contributed by atoms with Crippen LogP contribution in [0.5, 0.6) is 5.75 Å². The van der Waals surface area contributed by atoms with E-state index >= 15 is 0 Å². The molecule has 15 heavy (non-hydrogen) atoms. The number of hydrogen-bond donors (Lipinski definition) is 0. The lowest BCUT2D eigenvalue weighted by Gasteiger charge is -2.12. The second-order valence-electron chi connectivity index (χ2n) is 3.48. The molecule has 1 aromatic heterocycles. The summed E-state index contributed by atoms with van der Waals surface area (Å²) in [7, 11) is 0. The summed E-state index contributed by atoms with van der Waals surface area (Å²) in [5.74, 6) is 0.579. The third kappa shape index (κ3) is 2.53. The molecule has 1 aromatic rings. The Kier molecular flexibility index (Phi) is 3.29. The maximum Gasteiger partial charge on any atom is 0.155 e. The van der Waals surface area contributed by atoms with Gasteiger partial charge in [0, 0.05) is 19.0 Å². The van der Waals surface area contributed by atoms with Crippen LogP contribution in [0, 0.1) is 0 Å². The van der Waals surface area contributed by atoms with E-state index in [0.29, 0.717) is 17.9 Å². The SMILES string of the molecule is O=Cc1cnccc1OCC1CCCO1. The number of rotatable bonds is 4. The molecule has 0 amide bonds. The maximum atomic E-state index is 10.7. The molecule has 1 aliphatic heterocycles. The van der Waals surface area contributed by atoms with Gasteiger partial charge in [-0.2, -0.15) is 0 Å². The third-order valence-electron chi connectivity index (χ3n) is 2.39. The molecule has 4 heteroatoms. The number of pyridine rings is 1. The highest BCUT2D eigenvalue weighted by molar-refractivity contribution is 5.78. The molecule has 80 valence electrons. The van der Waals surface area contributed by atoms with Crippen LogP contribution in [0.2, 0.25) is 0 Å². The van der Waals surface area contributed by atoms with Crippen LogP contribution >= 0.6 is 0 Å². The van der Waals surface area contributed by atoms with E-state index in [0.717, 1.165) is 25.7 Å². The number of hydrogen-bond acceptors (Lipinski definition) is 4. The van der Waals surface area contributed by atoms with E-state index < -0.39 is 0 Å². The van der Waals surface area contributed by atoms with E-state index in [-0.39, 0.29) is 6.10 Å². The zero-order chi connectivity index (χ0) is 10.5. The summed E-state index contributed by atoms with van der Waals surface area (Å²) in [6.45, 7) is 1.32. The zero-order valence-electron chi connectivity index (χ0n) is 8.39. The monoisotopic (exact) mass is 207 g/mol. The first kappa shape index (κ1) is 10.1. The van der Waals surface area contributed by atoms with Gasteiger partial charge in [0.2, 0.25) is 0 Å². The maximum absolute atomic E-state index is 10.7. The molecule has 0 aromatic carbocycles. The van der Waals surface area contributed by atoms with Crippen molar-refractivity contribution in [1.29, 1.82) is 0 Å². The van der Waals surface area contributed by atoms with Crippen molar-refractivity contribution in [3.63, 3.8) is 0 Å². The minimum atomic E-state index is 0.165. The Morgan fingerprint density at radius 2 is 2.60 bits per heavy atom. The van der Waals surface area contributed by atoms with Crippen LogP contribution in [0.15, 0.2) is 18.5 Å². The van der Waals surface area contributed by atoms with Crippen molar-refractivity contribution in [2.45, 2.75) is 18.9 Å². The third-order valence-corrected chi connectivity index (χ3v) is 2.39. The number of aromatic nitrogens is 1. The molecule has 1 fully saturated rings. The quantitative estimate of drug-likeness (QED) is 0.701. The van der Waals surface area contributed by atoms with Crippen molar-refractivity contribution in [3.8, 4) is 5.75 Å². The normalized spacial score (nSPS) is 20.1. The Balaban J connectivity index is 1.94. The van der Waals surface area contributed by atoms with Crippen LogP contribution in [0.25, 0.3) is 0 Å². The highest BCUT2D eigenvalue weighted by Crippen LogP contribution is 2.17. The Hall–Kier alpha value is -1.42. The standard InChI is InChI=1S/C11H13NO3/c13-7-9-6-12-4-3-11(9)15-8-10-2-1-5-14-10/h3-4,6-7,10H,1-2,5,8H2. The molecular weight excluding hydrogens is 194 g/mol. The van der Waals surface area contributed by atoms with E-state index in [1.165, 1.54) is 6.20 Å². The van der Waals surface area contributed by atoms with Gasteiger partial charge < -0.3 is 9.47 Å². The van der Waals surface area contributed by atoms with Crippen LogP contribution in [0.1, 0.15) is 23.2 Å². The molecule has 0 radical (unpaired) electrons. The Morgan fingerprint density at radius 1 is 1.67 bits per heavy atom.